The average molecular weight is 420 g/mol. The minimum Gasteiger partial charge on any atom is -0.339 e. The fourth-order valence-corrected chi connectivity index (χ4v) is 5.07. The van der Waals surface area contributed by atoms with Crippen molar-refractivity contribution >= 4 is 35.4 Å². The molecule has 1 aromatic heterocycles. The number of halogens is 1. The van der Waals surface area contributed by atoms with Crippen LogP contribution in [-0.2, 0) is 13.6 Å². The van der Waals surface area contributed by atoms with Gasteiger partial charge in [-0.25, -0.2) is 0 Å². The minimum atomic E-state index is -3.75. The van der Waals surface area contributed by atoms with E-state index in [2.05, 4.69) is 0 Å². The van der Waals surface area contributed by atoms with E-state index in [0.717, 1.165) is 5.56 Å². The summed E-state index contributed by atoms with van der Waals surface area (Å²) in [7, 11) is -3.75. The van der Waals surface area contributed by atoms with Crippen molar-refractivity contribution in [3.05, 3.63) is 75.5 Å². The van der Waals surface area contributed by atoms with E-state index in [1.807, 2.05) is 41.8 Å². The van der Waals surface area contributed by atoms with Crippen LogP contribution in [0.2, 0.25) is 5.02 Å². The van der Waals surface area contributed by atoms with Crippen LogP contribution < -0.4 is 10.7 Å². The molecule has 148 valence electrons. The smallest absolute Gasteiger partial charge is 0.339 e. The Morgan fingerprint density at radius 3 is 2.32 bits per heavy atom. The Hall–Kier alpha value is -1.91. The van der Waals surface area contributed by atoms with Crippen LogP contribution in [0.25, 0.3) is 10.9 Å². The highest BCUT2D eigenvalue weighted by Crippen LogP contribution is 2.46. The average Bonchev–Trinajstić information content (AvgIpc) is 2.68. The van der Waals surface area contributed by atoms with E-state index in [-0.39, 0.29) is 30.0 Å². The van der Waals surface area contributed by atoms with Gasteiger partial charge in [0.1, 0.15) is 5.30 Å². The molecular weight excluding hydrogens is 397 g/mol. The van der Waals surface area contributed by atoms with Crippen molar-refractivity contribution in [2.24, 2.45) is 0 Å². The summed E-state index contributed by atoms with van der Waals surface area (Å²) in [6.07, 6.45) is 1.59. The second kappa shape index (κ2) is 8.62. The maximum absolute atomic E-state index is 13.4. The lowest BCUT2D eigenvalue weighted by molar-refractivity contribution is 0.229. The first-order valence-electron chi connectivity index (χ1n) is 9.20. The summed E-state index contributed by atoms with van der Waals surface area (Å²) < 4.78 is 26.2. The third-order valence-electron chi connectivity index (χ3n) is 4.57. The lowest BCUT2D eigenvalue weighted by atomic mass is 10.1. The predicted molar refractivity (Wildman–Crippen MR) is 114 cm³/mol. The molecule has 1 heterocycles. The van der Waals surface area contributed by atoms with Gasteiger partial charge in [-0.15, -0.1) is 0 Å². The molecule has 0 aliphatic carbocycles. The lowest BCUT2D eigenvalue weighted by Gasteiger charge is -2.23. The van der Waals surface area contributed by atoms with Gasteiger partial charge < -0.3 is 13.6 Å². The first kappa shape index (κ1) is 20.8. The van der Waals surface area contributed by atoms with Crippen LogP contribution in [0.4, 0.5) is 0 Å². The molecule has 0 spiro atoms. The number of benzene rings is 2. The maximum atomic E-state index is 13.4. The Morgan fingerprint density at radius 1 is 1.07 bits per heavy atom. The molecule has 0 amide bonds. The third kappa shape index (κ3) is 3.94. The number of pyridine rings is 1. The Morgan fingerprint density at radius 2 is 1.71 bits per heavy atom. The van der Waals surface area contributed by atoms with Crippen LogP contribution in [0, 0.1) is 0 Å². The predicted octanol–water partition coefficient (Wildman–Crippen LogP) is 5.16. The highest BCUT2D eigenvalue weighted by atomic mass is 35.5. The first-order valence-corrected chi connectivity index (χ1v) is 11.1. The Labute approximate surface area is 169 Å². The molecule has 3 rings (SSSR count). The summed E-state index contributed by atoms with van der Waals surface area (Å²) in [6, 6.07) is 14.8. The molecule has 0 bridgehead atoms. The third-order valence-corrected chi connectivity index (χ3v) is 6.91. The van der Waals surface area contributed by atoms with Gasteiger partial charge in [-0.1, -0.05) is 41.9 Å². The van der Waals surface area contributed by atoms with E-state index in [9.17, 15) is 9.36 Å². The van der Waals surface area contributed by atoms with E-state index >= 15 is 0 Å². The van der Waals surface area contributed by atoms with Crippen LogP contribution in [0.1, 0.15) is 32.4 Å². The minimum absolute atomic E-state index is 0.0359. The lowest BCUT2D eigenvalue weighted by Crippen LogP contribution is -2.30. The van der Waals surface area contributed by atoms with Crippen molar-refractivity contribution in [2.45, 2.75) is 26.8 Å². The zero-order valence-corrected chi connectivity index (χ0v) is 17.7. The topological polar surface area (TPSA) is 57.5 Å². The summed E-state index contributed by atoms with van der Waals surface area (Å²) in [5, 5.41) is 0.976. The highest BCUT2D eigenvalue weighted by molar-refractivity contribution is 7.62. The van der Waals surface area contributed by atoms with Gasteiger partial charge in [-0.2, -0.15) is 0 Å². The second-order valence-electron chi connectivity index (χ2n) is 6.33. The van der Waals surface area contributed by atoms with Crippen molar-refractivity contribution < 1.29 is 13.6 Å². The van der Waals surface area contributed by atoms with Gasteiger partial charge in [0.25, 0.3) is 0 Å². The van der Waals surface area contributed by atoms with Gasteiger partial charge in [0, 0.05) is 16.6 Å². The molecule has 3 aromatic rings. The molecule has 0 saturated heterocycles. The Bertz CT molecular complexity index is 1070. The second-order valence-corrected chi connectivity index (χ2v) is 8.76. The van der Waals surface area contributed by atoms with Crippen LogP contribution in [-0.4, -0.2) is 17.8 Å². The standard InChI is InChI=1S/C21H23ClNO4P/c1-4-26-28(25,27-5-2)20-14-23(15(3)16-9-7-6-8-10-16)19-13-17(22)11-12-18(19)21(20)24/h6-15H,4-5H2,1-3H3/t15-/m1/s1. The van der Waals surface area contributed by atoms with E-state index in [1.165, 1.54) is 0 Å². The SMILES string of the molecule is CCOP(=O)(OCC)c1cn([C@H](C)c2ccccc2)c2cc(Cl)ccc2c1=O. The highest BCUT2D eigenvalue weighted by Gasteiger charge is 2.32. The maximum Gasteiger partial charge on any atom is 0.366 e. The molecule has 0 radical (unpaired) electrons. The van der Waals surface area contributed by atoms with Crippen molar-refractivity contribution in [3.63, 3.8) is 0 Å². The Balaban J connectivity index is 2.33. The van der Waals surface area contributed by atoms with Crippen molar-refractivity contribution in [1.82, 2.24) is 4.57 Å². The molecule has 7 heteroatoms. The van der Waals surface area contributed by atoms with Crippen molar-refractivity contribution in [1.29, 1.82) is 0 Å². The molecule has 0 aliphatic heterocycles. The molecule has 2 aromatic carbocycles. The van der Waals surface area contributed by atoms with E-state index < -0.39 is 7.60 Å². The van der Waals surface area contributed by atoms with Gasteiger partial charge in [0.2, 0.25) is 5.43 Å². The molecule has 5 nitrogen and oxygen atoms in total. The molecule has 0 N–H and O–H groups in total. The molecule has 0 saturated carbocycles. The zero-order chi connectivity index (χ0) is 20.3. The van der Waals surface area contributed by atoms with Crippen LogP contribution in [0.15, 0.2) is 59.5 Å². The summed E-state index contributed by atoms with van der Waals surface area (Å²) in [5.41, 5.74) is 1.34. The molecule has 28 heavy (non-hydrogen) atoms. The Kier molecular flexibility index (Phi) is 6.41. The van der Waals surface area contributed by atoms with Gasteiger partial charge >= 0.3 is 7.60 Å². The number of aromatic nitrogens is 1. The number of hydrogen-bond donors (Lipinski definition) is 0. The summed E-state index contributed by atoms with van der Waals surface area (Å²) in [4.78, 5) is 13.2. The number of nitrogens with zero attached hydrogens (tertiary/aromatic N) is 1. The summed E-state index contributed by atoms with van der Waals surface area (Å²) in [6.45, 7) is 5.79. The summed E-state index contributed by atoms with van der Waals surface area (Å²) in [5.74, 6) is 0. The van der Waals surface area contributed by atoms with Crippen LogP contribution in [0.3, 0.4) is 0 Å². The van der Waals surface area contributed by atoms with Crippen molar-refractivity contribution in [3.8, 4) is 0 Å². The number of rotatable bonds is 7. The number of hydrogen-bond acceptors (Lipinski definition) is 4. The quantitative estimate of drug-likeness (QED) is 0.496. The molecule has 0 aliphatic rings. The van der Waals surface area contributed by atoms with Gasteiger partial charge in [0.15, 0.2) is 0 Å². The van der Waals surface area contributed by atoms with Crippen LogP contribution in [0.5, 0.6) is 0 Å². The molecule has 0 fully saturated rings. The first-order chi connectivity index (χ1) is 13.4. The zero-order valence-electron chi connectivity index (χ0n) is 16.1. The van der Waals surface area contributed by atoms with Gasteiger partial charge in [-0.05, 0) is 44.5 Å². The van der Waals surface area contributed by atoms with Gasteiger partial charge in [0.05, 0.1) is 24.8 Å². The fraction of sp³-hybridized carbons (Fsp3) is 0.286. The fourth-order valence-electron chi connectivity index (χ4n) is 3.23. The van der Waals surface area contributed by atoms with Gasteiger partial charge in [-0.3, -0.25) is 9.36 Å². The van der Waals surface area contributed by atoms with E-state index in [0.29, 0.717) is 15.9 Å². The van der Waals surface area contributed by atoms with E-state index in [1.54, 1.807) is 38.2 Å². The summed E-state index contributed by atoms with van der Waals surface area (Å²) >= 11 is 6.20. The normalized spacial score (nSPS) is 13.0. The van der Waals surface area contributed by atoms with Crippen molar-refractivity contribution in [2.75, 3.05) is 13.2 Å². The number of fused-ring (bicyclic) bond motifs is 1. The molecule has 1 atom stereocenters. The van der Waals surface area contributed by atoms with Crippen LogP contribution >= 0.6 is 19.2 Å². The van der Waals surface area contributed by atoms with E-state index in [4.69, 9.17) is 20.6 Å². The molecule has 0 unspecified atom stereocenters. The molecular formula is C21H23ClNO4P. The largest absolute Gasteiger partial charge is 0.366 e. The monoisotopic (exact) mass is 419 g/mol.